The average Bonchev–Trinajstić information content (AvgIpc) is 3.43. The summed E-state index contributed by atoms with van der Waals surface area (Å²) in [6.07, 6.45) is 15.7. The zero-order valence-electron chi connectivity index (χ0n) is 19.3. The molecule has 2 amide bonds. The van der Waals surface area contributed by atoms with Gasteiger partial charge in [-0.2, -0.15) is 0 Å². The van der Waals surface area contributed by atoms with Crippen LogP contribution < -0.4 is 10.6 Å². The summed E-state index contributed by atoms with van der Waals surface area (Å²) in [6.45, 7) is 0.688. The first kappa shape index (κ1) is 22.2. The summed E-state index contributed by atoms with van der Waals surface area (Å²) in [6, 6.07) is 0.525. The first-order chi connectivity index (χ1) is 15.6. The van der Waals surface area contributed by atoms with Crippen molar-refractivity contribution in [2.45, 2.75) is 88.2 Å². The standard InChI is InChI=1S/C24H37N5O2S/c1-32-23-28-27-20(29(23)19-5-2-3-6-19)7-4-8-25-21(30)15-26-22(31)24-12-16-9-17(13-24)11-18(10-16)14-24/h16-19H,2-15H2,1H3,(H,25,30)(H,26,31). The third-order valence-corrected chi connectivity index (χ3v) is 9.08. The second-order valence-corrected chi connectivity index (χ2v) is 11.5. The molecular formula is C24H37N5O2S. The minimum atomic E-state index is -0.186. The highest BCUT2D eigenvalue weighted by Crippen LogP contribution is 2.60. The van der Waals surface area contributed by atoms with E-state index >= 15 is 0 Å². The molecule has 5 fully saturated rings. The number of thioether (sulfide) groups is 1. The summed E-state index contributed by atoms with van der Waals surface area (Å²) >= 11 is 1.66. The largest absolute Gasteiger partial charge is 0.355 e. The van der Waals surface area contributed by atoms with E-state index in [2.05, 4.69) is 31.7 Å². The zero-order chi connectivity index (χ0) is 22.1. The van der Waals surface area contributed by atoms with Crippen molar-refractivity contribution in [1.29, 1.82) is 0 Å². The van der Waals surface area contributed by atoms with Crippen LogP contribution in [0.1, 0.15) is 82.5 Å². The summed E-state index contributed by atoms with van der Waals surface area (Å²) in [5, 5.41) is 15.7. The van der Waals surface area contributed by atoms with Gasteiger partial charge in [-0.3, -0.25) is 9.59 Å². The number of hydrogen-bond acceptors (Lipinski definition) is 5. The fourth-order valence-corrected chi connectivity index (χ4v) is 7.99. The molecule has 176 valence electrons. The van der Waals surface area contributed by atoms with E-state index < -0.39 is 0 Å². The van der Waals surface area contributed by atoms with Gasteiger partial charge in [-0.15, -0.1) is 10.2 Å². The lowest BCUT2D eigenvalue weighted by Gasteiger charge is -2.55. The molecule has 0 aliphatic heterocycles. The lowest BCUT2D eigenvalue weighted by Crippen LogP contribution is -2.54. The van der Waals surface area contributed by atoms with Crippen molar-refractivity contribution in [3.05, 3.63) is 5.82 Å². The van der Waals surface area contributed by atoms with Crippen LogP contribution in [0.25, 0.3) is 0 Å². The first-order valence-corrected chi connectivity index (χ1v) is 13.8. The van der Waals surface area contributed by atoms with Crippen molar-refractivity contribution in [2.24, 2.45) is 23.2 Å². The van der Waals surface area contributed by atoms with E-state index in [1.165, 1.54) is 44.9 Å². The molecule has 0 radical (unpaired) electrons. The monoisotopic (exact) mass is 459 g/mol. The average molecular weight is 460 g/mol. The molecule has 0 saturated heterocycles. The second-order valence-electron chi connectivity index (χ2n) is 10.7. The van der Waals surface area contributed by atoms with Gasteiger partial charge in [-0.05, 0) is 81.8 Å². The van der Waals surface area contributed by atoms with E-state index in [4.69, 9.17) is 0 Å². The Hall–Kier alpha value is -1.57. The Bertz CT molecular complexity index is 812. The Morgan fingerprint density at radius 3 is 2.31 bits per heavy atom. The van der Waals surface area contributed by atoms with Crippen molar-refractivity contribution in [3.8, 4) is 0 Å². The van der Waals surface area contributed by atoms with Crippen LogP contribution in [-0.4, -0.2) is 45.9 Å². The summed E-state index contributed by atoms with van der Waals surface area (Å²) in [5.41, 5.74) is -0.186. The number of amides is 2. The third kappa shape index (κ3) is 4.44. The quantitative estimate of drug-likeness (QED) is 0.436. The number of nitrogens with zero attached hydrogens (tertiary/aromatic N) is 3. The van der Waals surface area contributed by atoms with Crippen molar-refractivity contribution >= 4 is 23.6 Å². The van der Waals surface area contributed by atoms with Crippen LogP contribution >= 0.6 is 11.8 Å². The maximum atomic E-state index is 13.0. The summed E-state index contributed by atoms with van der Waals surface area (Å²) in [5.74, 6) is 3.27. The van der Waals surface area contributed by atoms with Gasteiger partial charge in [-0.1, -0.05) is 24.6 Å². The van der Waals surface area contributed by atoms with Gasteiger partial charge in [0, 0.05) is 24.4 Å². The smallest absolute Gasteiger partial charge is 0.239 e. The molecule has 2 N–H and O–H groups in total. The molecule has 7 nitrogen and oxygen atoms in total. The van der Waals surface area contributed by atoms with E-state index in [1.54, 1.807) is 11.8 Å². The molecular weight excluding hydrogens is 422 g/mol. The molecule has 0 aromatic carbocycles. The van der Waals surface area contributed by atoms with Crippen LogP contribution in [0.4, 0.5) is 0 Å². The van der Waals surface area contributed by atoms with Gasteiger partial charge in [0.2, 0.25) is 11.8 Å². The molecule has 32 heavy (non-hydrogen) atoms. The SMILES string of the molecule is CSc1nnc(CCCNC(=O)CNC(=O)C23CC4CC(CC(C4)C2)C3)n1C1CCCC1. The lowest BCUT2D eigenvalue weighted by atomic mass is 9.49. The van der Waals surface area contributed by atoms with E-state index in [9.17, 15) is 9.59 Å². The van der Waals surface area contributed by atoms with Crippen LogP contribution in [0.3, 0.4) is 0 Å². The third-order valence-electron chi connectivity index (χ3n) is 8.44. The van der Waals surface area contributed by atoms with Crippen LogP contribution in [0.5, 0.6) is 0 Å². The van der Waals surface area contributed by atoms with Crippen LogP contribution in [0.15, 0.2) is 5.16 Å². The molecule has 8 heteroatoms. The molecule has 4 bridgehead atoms. The fourth-order valence-electron chi connectivity index (χ4n) is 7.42. The number of carbonyl (C=O) groups excluding carboxylic acids is 2. The Morgan fingerprint density at radius 2 is 1.69 bits per heavy atom. The first-order valence-electron chi connectivity index (χ1n) is 12.6. The van der Waals surface area contributed by atoms with Crippen LogP contribution in [0, 0.1) is 23.2 Å². The summed E-state index contributed by atoms with van der Waals surface area (Å²) in [7, 11) is 0. The molecule has 0 unspecified atom stereocenters. The molecule has 5 aliphatic rings. The predicted octanol–water partition coefficient (Wildman–Crippen LogP) is 3.50. The number of aryl methyl sites for hydroxylation is 1. The minimum Gasteiger partial charge on any atom is -0.355 e. The van der Waals surface area contributed by atoms with Crippen molar-refractivity contribution in [2.75, 3.05) is 19.3 Å². The van der Waals surface area contributed by atoms with Crippen molar-refractivity contribution in [1.82, 2.24) is 25.4 Å². The Balaban J connectivity index is 1.05. The number of nitrogens with one attached hydrogen (secondary N) is 2. The Kier molecular flexibility index (Phi) is 6.50. The summed E-state index contributed by atoms with van der Waals surface area (Å²) in [4.78, 5) is 25.3. The van der Waals surface area contributed by atoms with Gasteiger partial charge in [0.15, 0.2) is 5.16 Å². The molecule has 0 atom stereocenters. The van der Waals surface area contributed by atoms with Gasteiger partial charge >= 0.3 is 0 Å². The number of carbonyl (C=O) groups is 2. The summed E-state index contributed by atoms with van der Waals surface area (Å²) < 4.78 is 2.32. The van der Waals surface area contributed by atoms with Gasteiger partial charge in [0.25, 0.3) is 0 Å². The van der Waals surface area contributed by atoms with E-state index in [0.717, 1.165) is 60.8 Å². The Labute approximate surface area is 195 Å². The van der Waals surface area contributed by atoms with E-state index in [-0.39, 0.29) is 23.8 Å². The zero-order valence-corrected chi connectivity index (χ0v) is 20.1. The highest BCUT2D eigenvalue weighted by molar-refractivity contribution is 7.98. The maximum Gasteiger partial charge on any atom is 0.239 e. The number of hydrogen-bond donors (Lipinski definition) is 2. The predicted molar refractivity (Wildman–Crippen MR) is 124 cm³/mol. The van der Waals surface area contributed by atoms with Gasteiger partial charge < -0.3 is 15.2 Å². The van der Waals surface area contributed by atoms with E-state index in [0.29, 0.717) is 12.6 Å². The normalized spacial score (nSPS) is 31.2. The molecule has 5 saturated carbocycles. The molecule has 6 rings (SSSR count). The molecule has 1 aromatic heterocycles. The molecule has 5 aliphatic carbocycles. The van der Waals surface area contributed by atoms with Crippen LogP contribution in [-0.2, 0) is 16.0 Å². The van der Waals surface area contributed by atoms with Gasteiger partial charge in [0.1, 0.15) is 5.82 Å². The van der Waals surface area contributed by atoms with Crippen molar-refractivity contribution < 1.29 is 9.59 Å². The van der Waals surface area contributed by atoms with Crippen molar-refractivity contribution in [3.63, 3.8) is 0 Å². The minimum absolute atomic E-state index is 0.0925. The molecule has 1 aromatic rings. The number of rotatable bonds is 9. The topological polar surface area (TPSA) is 88.9 Å². The second kappa shape index (κ2) is 9.35. The highest BCUT2D eigenvalue weighted by Gasteiger charge is 2.54. The maximum absolute atomic E-state index is 13.0. The number of aromatic nitrogens is 3. The fraction of sp³-hybridized carbons (Fsp3) is 0.833. The van der Waals surface area contributed by atoms with Gasteiger partial charge in [-0.25, -0.2) is 0 Å². The Morgan fingerprint density at radius 1 is 1.03 bits per heavy atom. The molecule has 1 heterocycles. The van der Waals surface area contributed by atoms with Gasteiger partial charge in [0.05, 0.1) is 6.54 Å². The molecule has 0 spiro atoms. The highest BCUT2D eigenvalue weighted by atomic mass is 32.2. The lowest BCUT2D eigenvalue weighted by molar-refractivity contribution is -0.147. The van der Waals surface area contributed by atoms with Crippen LogP contribution in [0.2, 0.25) is 0 Å². The van der Waals surface area contributed by atoms with E-state index in [1.807, 2.05) is 0 Å².